The molecule has 1 N–H and O–H groups in total. The van der Waals surface area contributed by atoms with Crippen LogP contribution in [0.4, 0.5) is 5.69 Å². The molecular weight excluding hydrogens is 256 g/mol. The highest BCUT2D eigenvalue weighted by Gasteiger charge is 2.12. The van der Waals surface area contributed by atoms with Crippen LogP contribution in [0.5, 0.6) is 0 Å². The van der Waals surface area contributed by atoms with Crippen molar-refractivity contribution in [2.45, 2.75) is 24.8 Å². The van der Waals surface area contributed by atoms with Crippen LogP contribution < -0.4 is 5.32 Å². The van der Waals surface area contributed by atoms with Gasteiger partial charge in [-0.25, -0.2) is 0 Å². The standard InChI is InChI=1S/C15H16N2OS/c1-3-19-15-8-4-6-13(12(15)10-16)17-11(2)14-7-5-9-18-14/h4-9,11,17H,3H2,1-2H3. The fourth-order valence-corrected chi connectivity index (χ4v) is 2.67. The highest BCUT2D eigenvalue weighted by Crippen LogP contribution is 2.30. The first-order valence-electron chi connectivity index (χ1n) is 6.22. The number of furan rings is 1. The van der Waals surface area contributed by atoms with Gasteiger partial charge in [0.25, 0.3) is 0 Å². The summed E-state index contributed by atoms with van der Waals surface area (Å²) in [5.41, 5.74) is 1.55. The number of thioether (sulfide) groups is 1. The van der Waals surface area contributed by atoms with Crippen LogP contribution >= 0.6 is 11.8 Å². The Bertz CT molecular complexity index is 572. The first kappa shape index (κ1) is 13.6. The molecule has 1 unspecified atom stereocenters. The summed E-state index contributed by atoms with van der Waals surface area (Å²) in [6, 6.07) is 12.0. The molecule has 0 amide bonds. The summed E-state index contributed by atoms with van der Waals surface area (Å²) >= 11 is 1.68. The Morgan fingerprint density at radius 1 is 1.37 bits per heavy atom. The molecule has 0 saturated carbocycles. The van der Waals surface area contributed by atoms with E-state index in [4.69, 9.17) is 4.42 Å². The van der Waals surface area contributed by atoms with Crippen LogP contribution in [0.3, 0.4) is 0 Å². The molecule has 19 heavy (non-hydrogen) atoms. The second-order valence-electron chi connectivity index (χ2n) is 4.10. The van der Waals surface area contributed by atoms with Gasteiger partial charge in [0.05, 0.1) is 23.6 Å². The first-order chi connectivity index (χ1) is 9.26. The van der Waals surface area contributed by atoms with Crippen LogP contribution in [-0.2, 0) is 0 Å². The van der Waals surface area contributed by atoms with Gasteiger partial charge in [-0.2, -0.15) is 5.26 Å². The predicted molar refractivity (Wildman–Crippen MR) is 78.3 cm³/mol. The molecule has 0 aliphatic rings. The number of nitrogens with one attached hydrogen (secondary N) is 1. The smallest absolute Gasteiger partial charge is 0.125 e. The Hall–Kier alpha value is -1.86. The minimum Gasteiger partial charge on any atom is -0.467 e. The summed E-state index contributed by atoms with van der Waals surface area (Å²) in [6.07, 6.45) is 1.65. The summed E-state index contributed by atoms with van der Waals surface area (Å²) in [6.45, 7) is 4.09. The van der Waals surface area contributed by atoms with E-state index < -0.39 is 0 Å². The molecule has 1 atom stereocenters. The Kier molecular flexibility index (Phi) is 4.53. The van der Waals surface area contributed by atoms with Crippen molar-refractivity contribution in [2.75, 3.05) is 11.1 Å². The minimum atomic E-state index is 0.0315. The molecule has 3 nitrogen and oxygen atoms in total. The van der Waals surface area contributed by atoms with Gasteiger partial charge in [-0.1, -0.05) is 13.0 Å². The van der Waals surface area contributed by atoms with E-state index in [1.807, 2.05) is 37.3 Å². The molecule has 0 saturated heterocycles. The van der Waals surface area contributed by atoms with Crippen molar-refractivity contribution in [3.8, 4) is 6.07 Å². The van der Waals surface area contributed by atoms with E-state index in [9.17, 15) is 5.26 Å². The monoisotopic (exact) mass is 272 g/mol. The van der Waals surface area contributed by atoms with Crippen molar-refractivity contribution in [2.24, 2.45) is 0 Å². The number of hydrogen-bond acceptors (Lipinski definition) is 4. The quantitative estimate of drug-likeness (QED) is 0.818. The van der Waals surface area contributed by atoms with Gasteiger partial charge in [0.2, 0.25) is 0 Å². The molecule has 0 aliphatic carbocycles. The van der Waals surface area contributed by atoms with Crippen LogP contribution in [0.15, 0.2) is 45.9 Å². The van der Waals surface area contributed by atoms with Crippen molar-refractivity contribution in [3.05, 3.63) is 47.9 Å². The van der Waals surface area contributed by atoms with Gasteiger partial charge in [0.15, 0.2) is 0 Å². The molecule has 0 spiro atoms. The molecule has 4 heteroatoms. The zero-order valence-corrected chi connectivity index (χ0v) is 11.8. The van der Waals surface area contributed by atoms with E-state index in [1.54, 1.807) is 18.0 Å². The summed E-state index contributed by atoms with van der Waals surface area (Å²) < 4.78 is 5.37. The predicted octanol–water partition coefficient (Wildman–Crippen LogP) is 4.44. The molecule has 0 radical (unpaired) electrons. The van der Waals surface area contributed by atoms with Crippen molar-refractivity contribution in [1.82, 2.24) is 0 Å². The fourth-order valence-electron chi connectivity index (χ4n) is 1.88. The number of nitriles is 1. The lowest BCUT2D eigenvalue weighted by molar-refractivity contribution is 0.490. The van der Waals surface area contributed by atoms with Crippen molar-refractivity contribution in [1.29, 1.82) is 5.26 Å². The number of rotatable bonds is 5. The van der Waals surface area contributed by atoms with E-state index in [0.717, 1.165) is 22.1 Å². The molecule has 0 aliphatic heterocycles. The maximum absolute atomic E-state index is 9.34. The van der Waals surface area contributed by atoms with Crippen molar-refractivity contribution < 1.29 is 4.42 Å². The fraction of sp³-hybridized carbons (Fsp3) is 0.267. The highest BCUT2D eigenvalue weighted by atomic mass is 32.2. The van der Waals surface area contributed by atoms with Gasteiger partial charge in [-0.15, -0.1) is 11.8 Å². The number of benzene rings is 1. The molecule has 0 bridgehead atoms. The Morgan fingerprint density at radius 3 is 2.84 bits per heavy atom. The maximum atomic E-state index is 9.34. The largest absolute Gasteiger partial charge is 0.467 e. The highest BCUT2D eigenvalue weighted by molar-refractivity contribution is 7.99. The second-order valence-corrected chi connectivity index (χ2v) is 5.41. The summed E-state index contributed by atoms with van der Waals surface area (Å²) in [4.78, 5) is 1.02. The Balaban J connectivity index is 2.25. The van der Waals surface area contributed by atoms with Gasteiger partial charge in [0.1, 0.15) is 11.8 Å². The van der Waals surface area contributed by atoms with Gasteiger partial charge in [-0.3, -0.25) is 0 Å². The number of nitrogens with zero attached hydrogens (tertiary/aromatic N) is 1. The van der Waals surface area contributed by atoms with E-state index in [1.165, 1.54) is 0 Å². The van der Waals surface area contributed by atoms with E-state index >= 15 is 0 Å². The molecule has 1 aromatic heterocycles. The minimum absolute atomic E-state index is 0.0315. The average molecular weight is 272 g/mol. The van der Waals surface area contributed by atoms with Crippen LogP contribution in [0.2, 0.25) is 0 Å². The Morgan fingerprint density at radius 2 is 2.21 bits per heavy atom. The zero-order valence-electron chi connectivity index (χ0n) is 11.0. The molecule has 1 aromatic carbocycles. The SMILES string of the molecule is CCSc1cccc(NC(C)c2ccco2)c1C#N. The molecule has 1 heterocycles. The van der Waals surface area contributed by atoms with Gasteiger partial charge >= 0.3 is 0 Å². The van der Waals surface area contributed by atoms with E-state index in [2.05, 4.69) is 18.3 Å². The van der Waals surface area contributed by atoms with Gasteiger partial charge < -0.3 is 9.73 Å². The Labute approximate surface area is 117 Å². The van der Waals surface area contributed by atoms with Crippen LogP contribution in [0, 0.1) is 11.3 Å². The molecule has 2 aromatic rings. The van der Waals surface area contributed by atoms with E-state index in [-0.39, 0.29) is 6.04 Å². The zero-order chi connectivity index (χ0) is 13.7. The van der Waals surface area contributed by atoms with Crippen molar-refractivity contribution in [3.63, 3.8) is 0 Å². The maximum Gasteiger partial charge on any atom is 0.125 e. The average Bonchev–Trinajstić information content (AvgIpc) is 2.93. The van der Waals surface area contributed by atoms with E-state index in [0.29, 0.717) is 5.56 Å². The van der Waals surface area contributed by atoms with Crippen LogP contribution in [-0.4, -0.2) is 5.75 Å². The van der Waals surface area contributed by atoms with Crippen molar-refractivity contribution >= 4 is 17.4 Å². The first-order valence-corrected chi connectivity index (χ1v) is 7.20. The third-order valence-corrected chi connectivity index (χ3v) is 3.72. The summed E-state index contributed by atoms with van der Waals surface area (Å²) in [7, 11) is 0. The summed E-state index contributed by atoms with van der Waals surface area (Å²) in [5, 5.41) is 12.7. The normalized spacial score (nSPS) is 11.8. The molecule has 98 valence electrons. The topological polar surface area (TPSA) is 49.0 Å². The van der Waals surface area contributed by atoms with Crippen LogP contribution in [0.1, 0.15) is 31.2 Å². The van der Waals surface area contributed by atoms with Gasteiger partial charge in [-0.05, 0) is 36.9 Å². The molecule has 0 fully saturated rings. The second kappa shape index (κ2) is 6.35. The number of hydrogen-bond donors (Lipinski definition) is 1. The summed E-state index contributed by atoms with van der Waals surface area (Å²) in [5.74, 6) is 1.81. The third-order valence-electron chi connectivity index (χ3n) is 2.78. The lowest BCUT2D eigenvalue weighted by Crippen LogP contribution is -2.07. The molecular formula is C15H16N2OS. The van der Waals surface area contributed by atoms with Gasteiger partial charge in [0, 0.05) is 4.90 Å². The lowest BCUT2D eigenvalue weighted by atomic mass is 10.1. The third kappa shape index (κ3) is 3.12. The lowest BCUT2D eigenvalue weighted by Gasteiger charge is -2.15. The number of anilines is 1. The van der Waals surface area contributed by atoms with Crippen LogP contribution in [0.25, 0.3) is 0 Å². The molecule has 2 rings (SSSR count).